The number of rotatable bonds is 7. The van der Waals surface area contributed by atoms with Gasteiger partial charge in [-0.05, 0) is 31.9 Å². The van der Waals surface area contributed by atoms with E-state index in [1.54, 1.807) is 0 Å². The third-order valence-electron chi connectivity index (χ3n) is 3.53. The first-order valence-corrected chi connectivity index (χ1v) is 8.20. The van der Waals surface area contributed by atoms with Crippen LogP contribution in [0.3, 0.4) is 0 Å². The molecule has 0 saturated heterocycles. The van der Waals surface area contributed by atoms with E-state index in [4.69, 9.17) is 4.98 Å². The Labute approximate surface area is 156 Å². The molecule has 0 aliphatic heterocycles. The number of guanidine groups is 1. The summed E-state index contributed by atoms with van der Waals surface area (Å²) in [5, 5.41) is 6.65. The zero-order chi connectivity index (χ0) is 15.8. The number of aryl methyl sites for hydroxylation is 1. The predicted octanol–water partition coefficient (Wildman–Crippen LogP) is 3.16. The van der Waals surface area contributed by atoms with E-state index in [2.05, 4.69) is 59.1 Å². The van der Waals surface area contributed by atoms with Gasteiger partial charge in [0.15, 0.2) is 5.96 Å². The number of halogens is 1. The number of nitrogens with zero attached hydrogens (tertiary/aromatic N) is 3. The van der Waals surface area contributed by atoms with Crippen LogP contribution in [0.2, 0.25) is 0 Å². The monoisotopic (exact) mass is 429 g/mol. The van der Waals surface area contributed by atoms with Gasteiger partial charge in [-0.15, -0.1) is 24.0 Å². The minimum atomic E-state index is 0. The second-order valence-electron chi connectivity index (χ2n) is 5.45. The predicted molar refractivity (Wildman–Crippen MR) is 108 cm³/mol. The second kappa shape index (κ2) is 10.5. The third kappa shape index (κ3) is 6.01. The van der Waals surface area contributed by atoms with Crippen molar-refractivity contribution in [3.8, 4) is 0 Å². The van der Waals surface area contributed by atoms with Crippen molar-refractivity contribution in [3.63, 3.8) is 0 Å². The van der Waals surface area contributed by atoms with Gasteiger partial charge in [-0.1, -0.05) is 19.4 Å². The van der Waals surface area contributed by atoms with Gasteiger partial charge in [0.05, 0.1) is 5.69 Å². The fourth-order valence-corrected chi connectivity index (χ4v) is 2.32. The van der Waals surface area contributed by atoms with Crippen molar-refractivity contribution in [3.05, 3.63) is 35.8 Å². The highest BCUT2D eigenvalue weighted by Crippen LogP contribution is 2.09. The van der Waals surface area contributed by atoms with E-state index in [0.717, 1.165) is 49.8 Å². The Morgan fingerprint density at radius 3 is 2.83 bits per heavy atom. The summed E-state index contributed by atoms with van der Waals surface area (Å²) in [5.41, 5.74) is 3.35. The first-order chi connectivity index (χ1) is 10.7. The maximum atomic E-state index is 4.69. The molecule has 2 N–H and O–H groups in total. The molecule has 0 radical (unpaired) electrons. The van der Waals surface area contributed by atoms with Crippen molar-refractivity contribution < 1.29 is 0 Å². The largest absolute Gasteiger partial charge is 0.357 e. The fraction of sp³-hybridized carbons (Fsp3) is 0.529. The molecule has 0 aliphatic rings. The van der Waals surface area contributed by atoms with Gasteiger partial charge >= 0.3 is 0 Å². The second-order valence-corrected chi connectivity index (χ2v) is 5.45. The summed E-state index contributed by atoms with van der Waals surface area (Å²) in [6.45, 7) is 8.95. The molecule has 2 heterocycles. The number of imidazole rings is 1. The zero-order valence-electron chi connectivity index (χ0n) is 14.3. The van der Waals surface area contributed by atoms with Crippen LogP contribution in [0.4, 0.5) is 0 Å². The third-order valence-corrected chi connectivity index (χ3v) is 3.53. The maximum Gasteiger partial charge on any atom is 0.191 e. The van der Waals surface area contributed by atoms with Crippen LogP contribution in [0.25, 0.3) is 5.65 Å². The number of aromatic nitrogens is 2. The van der Waals surface area contributed by atoms with Gasteiger partial charge in [-0.25, -0.2) is 4.98 Å². The molecular weight excluding hydrogens is 401 g/mol. The molecule has 0 saturated carbocycles. The van der Waals surface area contributed by atoms with E-state index in [1.165, 1.54) is 12.0 Å². The molecule has 2 aromatic heterocycles. The SMILES string of the molecule is CCCCN=C(NCC)NCCc1cn2cccc(C)c2n1.I. The molecule has 5 nitrogen and oxygen atoms in total. The molecule has 0 aromatic carbocycles. The molecule has 23 heavy (non-hydrogen) atoms. The van der Waals surface area contributed by atoms with Crippen LogP contribution in [0.5, 0.6) is 0 Å². The lowest BCUT2D eigenvalue weighted by Crippen LogP contribution is -2.38. The number of pyridine rings is 1. The number of unbranched alkanes of at least 4 members (excludes halogenated alkanes) is 1. The molecule has 0 amide bonds. The van der Waals surface area contributed by atoms with Crippen molar-refractivity contribution in [2.24, 2.45) is 4.99 Å². The van der Waals surface area contributed by atoms with Crippen LogP contribution >= 0.6 is 24.0 Å². The quantitative estimate of drug-likeness (QED) is 0.308. The van der Waals surface area contributed by atoms with E-state index >= 15 is 0 Å². The molecular formula is C17H28IN5. The Kier molecular flexibility index (Phi) is 8.98. The summed E-state index contributed by atoms with van der Waals surface area (Å²) in [6.07, 6.45) is 7.33. The Morgan fingerprint density at radius 2 is 2.13 bits per heavy atom. The van der Waals surface area contributed by atoms with Gasteiger partial charge in [-0.2, -0.15) is 0 Å². The average molecular weight is 429 g/mol. The molecule has 0 unspecified atom stereocenters. The van der Waals surface area contributed by atoms with Gasteiger partial charge in [-0.3, -0.25) is 4.99 Å². The van der Waals surface area contributed by atoms with Crippen molar-refractivity contribution in [2.75, 3.05) is 19.6 Å². The molecule has 0 bridgehead atoms. The van der Waals surface area contributed by atoms with Crippen LogP contribution in [0.15, 0.2) is 29.5 Å². The highest BCUT2D eigenvalue weighted by molar-refractivity contribution is 14.0. The number of hydrogen-bond donors (Lipinski definition) is 2. The number of aliphatic imine (C=N–C) groups is 1. The number of nitrogens with one attached hydrogen (secondary N) is 2. The van der Waals surface area contributed by atoms with Crippen LogP contribution < -0.4 is 10.6 Å². The fourth-order valence-electron chi connectivity index (χ4n) is 2.32. The minimum Gasteiger partial charge on any atom is -0.357 e. The van der Waals surface area contributed by atoms with E-state index < -0.39 is 0 Å². The zero-order valence-corrected chi connectivity index (χ0v) is 16.6. The molecule has 2 rings (SSSR count). The minimum absolute atomic E-state index is 0. The molecule has 6 heteroatoms. The normalized spacial score (nSPS) is 11.3. The van der Waals surface area contributed by atoms with E-state index in [1.807, 2.05) is 6.20 Å². The summed E-state index contributed by atoms with van der Waals surface area (Å²) in [6, 6.07) is 4.14. The van der Waals surface area contributed by atoms with Crippen LogP contribution in [-0.2, 0) is 6.42 Å². The van der Waals surface area contributed by atoms with Gasteiger partial charge in [0, 0.05) is 38.4 Å². The average Bonchev–Trinajstić information content (AvgIpc) is 2.92. The van der Waals surface area contributed by atoms with Crippen LogP contribution in [0, 0.1) is 6.92 Å². The molecule has 0 atom stereocenters. The molecule has 0 fully saturated rings. The van der Waals surface area contributed by atoms with Crippen molar-refractivity contribution in [1.82, 2.24) is 20.0 Å². The standard InChI is InChI=1S/C17H27N5.HI/c1-4-6-10-19-17(18-5-2)20-11-9-15-13-22-12-7-8-14(3)16(22)21-15;/h7-8,12-13H,4-6,9-11H2,1-3H3,(H2,18,19,20);1H. The maximum absolute atomic E-state index is 4.69. The highest BCUT2D eigenvalue weighted by atomic mass is 127. The first kappa shape index (κ1) is 19.7. The molecule has 0 spiro atoms. The summed E-state index contributed by atoms with van der Waals surface area (Å²) >= 11 is 0. The summed E-state index contributed by atoms with van der Waals surface area (Å²) in [7, 11) is 0. The van der Waals surface area contributed by atoms with Crippen molar-refractivity contribution in [1.29, 1.82) is 0 Å². The Hall–Kier alpha value is -1.31. The van der Waals surface area contributed by atoms with Crippen LogP contribution in [0.1, 0.15) is 37.9 Å². The number of hydrogen-bond acceptors (Lipinski definition) is 2. The lowest BCUT2D eigenvalue weighted by atomic mass is 10.3. The van der Waals surface area contributed by atoms with Gasteiger partial charge in [0.25, 0.3) is 0 Å². The van der Waals surface area contributed by atoms with Gasteiger partial charge in [0.1, 0.15) is 5.65 Å². The summed E-state index contributed by atoms with van der Waals surface area (Å²) in [4.78, 5) is 9.25. The topological polar surface area (TPSA) is 53.7 Å². The van der Waals surface area contributed by atoms with E-state index in [-0.39, 0.29) is 24.0 Å². The lowest BCUT2D eigenvalue weighted by Gasteiger charge is -2.10. The van der Waals surface area contributed by atoms with E-state index in [9.17, 15) is 0 Å². The first-order valence-electron chi connectivity index (χ1n) is 8.20. The summed E-state index contributed by atoms with van der Waals surface area (Å²) in [5.74, 6) is 0.899. The molecule has 2 aromatic rings. The molecule has 0 aliphatic carbocycles. The number of fused-ring (bicyclic) bond motifs is 1. The van der Waals surface area contributed by atoms with Gasteiger partial charge in [0.2, 0.25) is 0 Å². The van der Waals surface area contributed by atoms with Crippen molar-refractivity contribution >= 4 is 35.6 Å². The Bertz CT molecular complexity index is 620. The Morgan fingerprint density at radius 1 is 1.30 bits per heavy atom. The smallest absolute Gasteiger partial charge is 0.191 e. The molecule has 128 valence electrons. The summed E-state index contributed by atoms with van der Waals surface area (Å²) < 4.78 is 2.09. The van der Waals surface area contributed by atoms with E-state index in [0.29, 0.717) is 0 Å². The highest BCUT2D eigenvalue weighted by Gasteiger charge is 2.04. The van der Waals surface area contributed by atoms with Crippen molar-refractivity contribution in [2.45, 2.75) is 40.0 Å². The lowest BCUT2D eigenvalue weighted by molar-refractivity contribution is 0.764. The Balaban J connectivity index is 0.00000264. The van der Waals surface area contributed by atoms with Crippen LogP contribution in [-0.4, -0.2) is 35.0 Å². The van der Waals surface area contributed by atoms with Gasteiger partial charge < -0.3 is 15.0 Å².